The van der Waals surface area contributed by atoms with Crippen LogP contribution in [-0.4, -0.2) is 46.1 Å². The number of rotatable bonds is 42. The summed E-state index contributed by atoms with van der Waals surface area (Å²) in [5.41, 5.74) is 0. The molecule has 4 N–H and O–H groups in total. The van der Waals surface area contributed by atoms with E-state index in [4.69, 9.17) is 0 Å². The predicted octanol–water partition coefficient (Wildman–Crippen LogP) is 13.5. The lowest BCUT2D eigenvalue weighted by Gasteiger charge is -2.26. The number of amides is 1. The number of hydrogen-bond donors (Lipinski definition) is 4. The van der Waals surface area contributed by atoms with E-state index < -0.39 is 18.2 Å². The smallest absolute Gasteiger partial charge is 0.220 e. The van der Waals surface area contributed by atoms with Gasteiger partial charge in [0.15, 0.2) is 0 Å². The van der Waals surface area contributed by atoms with Gasteiger partial charge in [0.2, 0.25) is 5.91 Å². The molecule has 0 aliphatic rings. The standard InChI is InChI=1S/C48H91NO4/c1-3-5-7-9-11-13-15-17-19-20-21-22-23-24-25-26-27-29-31-33-35-37-39-41-43-47(52)49-45(44-50)48(53)46(51)42-40-38-36-34-32-30-28-18-16-14-12-10-8-6-4-2/h18,24-25,28,34,36,45-46,48,50-51,53H,3-17,19-23,26-27,29-33,35,37-44H2,1-2H3,(H,49,52)/b25-24-,28-18+,36-34+. The maximum Gasteiger partial charge on any atom is 0.220 e. The van der Waals surface area contributed by atoms with Gasteiger partial charge in [0, 0.05) is 6.42 Å². The Morgan fingerprint density at radius 2 is 0.774 bits per heavy atom. The van der Waals surface area contributed by atoms with Crippen LogP contribution in [0.5, 0.6) is 0 Å². The first-order valence-corrected chi connectivity index (χ1v) is 23.3. The van der Waals surface area contributed by atoms with Crippen molar-refractivity contribution in [3.05, 3.63) is 36.5 Å². The van der Waals surface area contributed by atoms with Gasteiger partial charge in [-0.25, -0.2) is 0 Å². The molecule has 0 saturated carbocycles. The molecule has 0 aromatic heterocycles. The molecule has 0 heterocycles. The summed E-state index contributed by atoms with van der Waals surface area (Å²) in [5.74, 6) is -0.161. The summed E-state index contributed by atoms with van der Waals surface area (Å²) in [6, 6.07) is -0.833. The maximum atomic E-state index is 12.4. The number of carbonyl (C=O) groups is 1. The molecule has 0 aliphatic heterocycles. The number of allylic oxidation sites excluding steroid dienone is 6. The lowest BCUT2D eigenvalue weighted by Crippen LogP contribution is -2.50. The molecule has 0 saturated heterocycles. The number of unbranched alkanes of at least 4 members (excludes halogenated alkanes) is 28. The van der Waals surface area contributed by atoms with Crippen LogP contribution in [0.3, 0.4) is 0 Å². The first-order valence-electron chi connectivity index (χ1n) is 23.3. The highest BCUT2D eigenvalue weighted by atomic mass is 16.3. The highest BCUT2D eigenvalue weighted by Crippen LogP contribution is 2.15. The zero-order valence-electron chi connectivity index (χ0n) is 35.4. The summed E-state index contributed by atoms with van der Waals surface area (Å²) >= 11 is 0. The fourth-order valence-electron chi connectivity index (χ4n) is 7.06. The molecule has 3 atom stereocenters. The third kappa shape index (κ3) is 38.6. The Hall–Kier alpha value is -1.43. The van der Waals surface area contributed by atoms with E-state index in [-0.39, 0.29) is 12.5 Å². The molecule has 0 aromatic rings. The van der Waals surface area contributed by atoms with Gasteiger partial charge in [-0.3, -0.25) is 4.79 Å². The summed E-state index contributed by atoms with van der Waals surface area (Å²) < 4.78 is 0. The Kier molecular flexibility index (Phi) is 42.1. The third-order valence-corrected chi connectivity index (χ3v) is 10.7. The van der Waals surface area contributed by atoms with E-state index in [1.165, 1.54) is 167 Å². The van der Waals surface area contributed by atoms with Gasteiger partial charge in [0.25, 0.3) is 0 Å². The monoisotopic (exact) mass is 746 g/mol. The molecular formula is C48H91NO4. The van der Waals surface area contributed by atoms with E-state index in [1.54, 1.807) is 0 Å². The van der Waals surface area contributed by atoms with Crippen molar-refractivity contribution in [2.24, 2.45) is 0 Å². The molecule has 0 radical (unpaired) electrons. The normalized spacial score (nSPS) is 13.8. The lowest BCUT2D eigenvalue weighted by molar-refractivity contribution is -0.124. The van der Waals surface area contributed by atoms with Crippen LogP contribution in [0.15, 0.2) is 36.5 Å². The van der Waals surface area contributed by atoms with Crippen LogP contribution >= 0.6 is 0 Å². The fourth-order valence-corrected chi connectivity index (χ4v) is 7.06. The summed E-state index contributed by atoms with van der Waals surface area (Å²) in [6.07, 6.45) is 54.1. The number of aliphatic hydroxyl groups excluding tert-OH is 3. The van der Waals surface area contributed by atoms with Crippen LogP contribution < -0.4 is 5.32 Å². The second kappa shape index (κ2) is 43.3. The summed E-state index contributed by atoms with van der Waals surface area (Å²) in [4.78, 5) is 12.4. The molecule has 5 heteroatoms. The quantitative estimate of drug-likeness (QED) is 0.0370. The average molecular weight is 746 g/mol. The molecule has 5 nitrogen and oxygen atoms in total. The summed E-state index contributed by atoms with van der Waals surface area (Å²) in [6.45, 7) is 4.16. The zero-order valence-corrected chi connectivity index (χ0v) is 35.4. The van der Waals surface area contributed by atoms with Crippen LogP contribution in [0.2, 0.25) is 0 Å². The van der Waals surface area contributed by atoms with E-state index in [1.807, 2.05) is 0 Å². The van der Waals surface area contributed by atoms with Gasteiger partial charge in [-0.15, -0.1) is 0 Å². The number of aliphatic hydroxyl groups is 3. The van der Waals surface area contributed by atoms with E-state index in [0.29, 0.717) is 12.8 Å². The Bertz CT molecular complexity index is 824. The van der Waals surface area contributed by atoms with Crippen LogP contribution in [0.4, 0.5) is 0 Å². The summed E-state index contributed by atoms with van der Waals surface area (Å²) in [5, 5.41) is 33.5. The SMILES string of the molecule is CCCCCCCC/C=C/CC/C=C/CCCC(O)C(O)C(CO)NC(=O)CCCCCCCCCC/C=C\CCCCCCCCCCCCCC. The number of hydrogen-bond acceptors (Lipinski definition) is 4. The molecule has 0 aromatic carbocycles. The predicted molar refractivity (Wildman–Crippen MR) is 231 cm³/mol. The van der Waals surface area contributed by atoms with E-state index >= 15 is 0 Å². The Morgan fingerprint density at radius 1 is 0.453 bits per heavy atom. The van der Waals surface area contributed by atoms with Crippen LogP contribution in [0.25, 0.3) is 0 Å². The first-order chi connectivity index (χ1) is 26.1. The van der Waals surface area contributed by atoms with Crippen LogP contribution in [0, 0.1) is 0 Å². The highest BCUT2D eigenvalue weighted by Gasteiger charge is 2.26. The molecule has 53 heavy (non-hydrogen) atoms. The van der Waals surface area contributed by atoms with Gasteiger partial charge in [-0.2, -0.15) is 0 Å². The molecule has 1 amide bonds. The molecule has 312 valence electrons. The molecule has 3 unspecified atom stereocenters. The van der Waals surface area contributed by atoms with Crippen molar-refractivity contribution < 1.29 is 20.1 Å². The van der Waals surface area contributed by atoms with Crippen molar-refractivity contribution in [1.29, 1.82) is 0 Å². The van der Waals surface area contributed by atoms with Crippen molar-refractivity contribution in [3.8, 4) is 0 Å². The summed E-state index contributed by atoms with van der Waals surface area (Å²) in [7, 11) is 0. The molecule has 0 rings (SSSR count). The zero-order chi connectivity index (χ0) is 38.7. The Morgan fingerprint density at radius 3 is 1.15 bits per heavy atom. The molecule has 0 bridgehead atoms. The van der Waals surface area contributed by atoms with Gasteiger partial charge in [-0.1, -0.05) is 192 Å². The van der Waals surface area contributed by atoms with Crippen molar-refractivity contribution in [1.82, 2.24) is 5.32 Å². The van der Waals surface area contributed by atoms with Gasteiger partial charge in [0.05, 0.1) is 18.8 Å². The Labute approximate surface area is 330 Å². The fraction of sp³-hybridized carbons (Fsp3) is 0.854. The van der Waals surface area contributed by atoms with Gasteiger partial charge >= 0.3 is 0 Å². The largest absolute Gasteiger partial charge is 0.394 e. The van der Waals surface area contributed by atoms with Crippen molar-refractivity contribution in [2.75, 3.05) is 6.61 Å². The van der Waals surface area contributed by atoms with E-state index in [0.717, 1.165) is 44.9 Å². The van der Waals surface area contributed by atoms with E-state index in [2.05, 4.69) is 55.6 Å². The topological polar surface area (TPSA) is 89.8 Å². The number of nitrogens with one attached hydrogen (secondary N) is 1. The minimum absolute atomic E-state index is 0.161. The second-order valence-corrected chi connectivity index (χ2v) is 15.9. The van der Waals surface area contributed by atoms with Crippen molar-refractivity contribution >= 4 is 5.91 Å². The minimum Gasteiger partial charge on any atom is -0.394 e. The van der Waals surface area contributed by atoms with Gasteiger partial charge in [-0.05, 0) is 77.0 Å². The number of carbonyl (C=O) groups excluding carboxylic acids is 1. The molecular weight excluding hydrogens is 655 g/mol. The van der Waals surface area contributed by atoms with Gasteiger partial charge in [0.1, 0.15) is 6.10 Å². The molecule has 0 spiro atoms. The molecule has 0 fully saturated rings. The maximum absolute atomic E-state index is 12.4. The Balaban J connectivity index is 3.64. The average Bonchev–Trinajstić information content (AvgIpc) is 3.16. The van der Waals surface area contributed by atoms with Gasteiger partial charge < -0.3 is 20.6 Å². The highest BCUT2D eigenvalue weighted by molar-refractivity contribution is 5.76. The first kappa shape index (κ1) is 51.6. The third-order valence-electron chi connectivity index (χ3n) is 10.7. The van der Waals surface area contributed by atoms with Crippen LogP contribution in [-0.2, 0) is 4.79 Å². The van der Waals surface area contributed by atoms with E-state index in [9.17, 15) is 20.1 Å². The van der Waals surface area contributed by atoms with Crippen LogP contribution in [0.1, 0.15) is 239 Å². The van der Waals surface area contributed by atoms with Crippen molar-refractivity contribution in [2.45, 2.75) is 257 Å². The molecule has 0 aliphatic carbocycles. The minimum atomic E-state index is -1.17. The second-order valence-electron chi connectivity index (χ2n) is 15.9. The van der Waals surface area contributed by atoms with Crippen molar-refractivity contribution in [3.63, 3.8) is 0 Å². The lowest BCUT2D eigenvalue weighted by atomic mass is 10.0.